The van der Waals surface area contributed by atoms with E-state index in [0.29, 0.717) is 6.42 Å². The highest BCUT2D eigenvalue weighted by atomic mass is 127. The molecule has 0 radical (unpaired) electrons. The lowest BCUT2D eigenvalue weighted by atomic mass is 10.2. The van der Waals surface area contributed by atoms with E-state index < -0.39 is 0 Å². The van der Waals surface area contributed by atoms with Gasteiger partial charge in [-0.2, -0.15) is 0 Å². The molecule has 0 spiro atoms. The molecule has 0 aromatic carbocycles. The van der Waals surface area contributed by atoms with Gasteiger partial charge in [0.2, 0.25) is 0 Å². The van der Waals surface area contributed by atoms with E-state index in [1.165, 1.54) is 7.11 Å². The highest BCUT2D eigenvalue weighted by Crippen LogP contribution is 1.95. The van der Waals surface area contributed by atoms with Crippen LogP contribution in [0.25, 0.3) is 0 Å². The fraction of sp³-hybridized carbons (Fsp3) is 0.846. The number of methoxy groups -OCH3 is 1. The van der Waals surface area contributed by atoms with Crippen LogP contribution in [-0.4, -0.2) is 52.4 Å². The van der Waals surface area contributed by atoms with Gasteiger partial charge in [-0.15, -0.1) is 24.0 Å². The Labute approximate surface area is 139 Å². The number of guanidine groups is 1. The lowest BCUT2D eigenvalue weighted by Crippen LogP contribution is -2.38. The van der Waals surface area contributed by atoms with Crippen LogP contribution in [0, 0.1) is 0 Å². The van der Waals surface area contributed by atoms with Crippen LogP contribution < -0.4 is 10.6 Å². The van der Waals surface area contributed by atoms with Gasteiger partial charge in [0.25, 0.3) is 0 Å². The summed E-state index contributed by atoms with van der Waals surface area (Å²) in [5.74, 6) is 0.632. The number of hydrogen-bond donors (Lipinski definition) is 2. The van der Waals surface area contributed by atoms with E-state index >= 15 is 0 Å². The van der Waals surface area contributed by atoms with Gasteiger partial charge in [0.1, 0.15) is 0 Å². The quantitative estimate of drug-likeness (QED) is 0.191. The third kappa shape index (κ3) is 13.9. The molecule has 0 fully saturated rings. The van der Waals surface area contributed by atoms with Crippen molar-refractivity contribution >= 4 is 35.9 Å². The van der Waals surface area contributed by atoms with E-state index in [9.17, 15) is 4.79 Å². The summed E-state index contributed by atoms with van der Waals surface area (Å²) in [4.78, 5) is 15.0. The summed E-state index contributed by atoms with van der Waals surface area (Å²) in [7, 11) is 3.15. The van der Waals surface area contributed by atoms with Gasteiger partial charge in [0, 0.05) is 39.8 Å². The number of esters is 1. The van der Waals surface area contributed by atoms with Crippen molar-refractivity contribution < 1.29 is 14.3 Å². The predicted molar refractivity (Wildman–Crippen MR) is 91.8 cm³/mol. The first kappa shape index (κ1) is 21.7. The Morgan fingerprint density at radius 3 is 2.35 bits per heavy atom. The SMILES string of the molecule is CCOCCCNC(=NC)NCCCCC(=O)OC.I. The van der Waals surface area contributed by atoms with Crippen molar-refractivity contribution in [3.63, 3.8) is 0 Å². The van der Waals surface area contributed by atoms with Crippen molar-refractivity contribution in [3.05, 3.63) is 0 Å². The van der Waals surface area contributed by atoms with Crippen molar-refractivity contribution in [1.29, 1.82) is 0 Å². The molecule has 7 heteroatoms. The molecule has 0 unspecified atom stereocenters. The second-order valence-electron chi connectivity index (χ2n) is 4.01. The van der Waals surface area contributed by atoms with E-state index in [4.69, 9.17) is 4.74 Å². The molecule has 0 aliphatic heterocycles. The molecular weight excluding hydrogens is 373 g/mol. The second-order valence-corrected chi connectivity index (χ2v) is 4.01. The maximum absolute atomic E-state index is 10.9. The zero-order valence-electron chi connectivity index (χ0n) is 12.7. The summed E-state index contributed by atoms with van der Waals surface area (Å²) < 4.78 is 9.83. The molecule has 0 saturated heterocycles. The number of rotatable bonds is 10. The summed E-state index contributed by atoms with van der Waals surface area (Å²) in [6.45, 7) is 5.14. The van der Waals surface area contributed by atoms with Gasteiger partial charge in [-0.3, -0.25) is 9.79 Å². The van der Waals surface area contributed by atoms with Gasteiger partial charge in [-0.05, 0) is 26.2 Å². The molecule has 0 aliphatic rings. The lowest BCUT2D eigenvalue weighted by molar-refractivity contribution is -0.140. The Balaban J connectivity index is 0. The average molecular weight is 401 g/mol. The van der Waals surface area contributed by atoms with Crippen LogP contribution in [0.3, 0.4) is 0 Å². The highest BCUT2D eigenvalue weighted by molar-refractivity contribution is 14.0. The number of carbonyl (C=O) groups excluding carboxylic acids is 1. The first-order chi connectivity index (χ1) is 9.24. The first-order valence-electron chi connectivity index (χ1n) is 6.83. The van der Waals surface area contributed by atoms with Gasteiger partial charge in [0.05, 0.1) is 7.11 Å². The topological polar surface area (TPSA) is 72.0 Å². The van der Waals surface area contributed by atoms with Crippen LogP contribution in [-0.2, 0) is 14.3 Å². The Hall–Kier alpha value is -0.570. The van der Waals surface area contributed by atoms with Crippen LogP contribution in [0.15, 0.2) is 4.99 Å². The minimum absolute atomic E-state index is 0. The van der Waals surface area contributed by atoms with Crippen LogP contribution in [0.1, 0.15) is 32.6 Å². The smallest absolute Gasteiger partial charge is 0.305 e. The van der Waals surface area contributed by atoms with Gasteiger partial charge in [-0.1, -0.05) is 0 Å². The van der Waals surface area contributed by atoms with Crippen LogP contribution in [0.5, 0.6) is 0 Å². The maximum atomic E-state index is 10.9. The molecule has 6 nitrogen and oxygen atoms in total. The summed E-state index contributed by atoms with van der Waals surface area (Å²) in [5, 5.41) is 6.40. The molecule has 0 rings (SSSR count). The largest absolute Gasteiger partial charge is 0.469 e. The molecule has 0 amide bonds. The highest BCUT2D eigenvalue weighted by Gasteiger charge is 2.00. The van der Waals surface area contributed by atoms with Crippen molar-refractivity contribution in [3.8, 4) is 0 Å². The van der Waals surface area contributed by atoms with Crippen molar-refractivity contribution in [1.82, 2.24) is 10.6 Å². The summed E-state index contributed by atoms with van der Waals surface area (Å²) in [5.41, 5.74) is 0. The Kier molecular flexibility index (Phi) is 17.9. The van der Waals surface area contributed by atoms with Crippen LogP contribution >= 0.6 is 24.0 Å². The van der Waals surface area contributed by atoms with Gasteiger partial charge < -0.3 is 20.1 Å². The van der Waals surface area contributed by atoms with E-state index in [1.54, 1.807) is 7.05 Å². The lowest BCUT2D eigenvalue weighted by Gasteiger charge is -2.11. The van der Waals surface area contributed by atoms with E-state index in [1.807, 2.05) is 6.92 Å². The molecule has 0 bridgehead atoms. The van der Waals surface area contributed by atoms with Crippen molar-refractivity contribution in [2.45, 2.75) is 32.6 Å². The minimum Gasteiger partial charge on any atom is -0.469 e. The number of carbonyl (C=O) groups is 1. The van der Waals surface area contributed by atoms with Gasteiger partial charge >= 0.3 is 5.97 Å². The number of halogens is 1. The Morgan fingerprint density at radius 2 is 1.80 bits per heavy atom. The maximum Gasteiger partial charge on any atom is 0.305 e. The third-order valence-electron chi connectivity index (χ3n) is 2.51. The second kappa shape index (κ2) is 16.5. The predicted octanol–water partition coefficient (Wildman–Crippen LogP) is 1.54. The molecular formula is C13H28IN3O3. The molecule has 0 aliphatic carbocycles. The number of ether oxygens (including phenoxy) is 2. The number of hydrogen-bond acceptors (Lipinski definition) is 4. The number of nitrogens with zero attached hydrogens (tertiary/aromatic N) is 1. The van der Waals surface area contributed by atoms with Crippen molar-refractivity contribution in [2.75, 3.05) is 40.5 Å². The number of aliphatic imine (C=N–C) groups is 1. The van der Waals surface area contributed by atoms with Crippen molar-refractivity contribution in [2.24, 2.45) is 4.99 Å². The monoisotopic (exact) mass is 401 g/mol. The van der Waals surface area contributed by atoms with Crippen LogP contribution in [0.2, 0.25) is 0 Å². The normalized spacial score (nSPS) is 10.7. The average Bonchev–Trinajstić information content (AvgIpc) is 2.44. The zero-order valence-corrected chi connectivity index (χ0v) is 15.1. The fourth-order valence-corrected chi connectivity index (χ4v) is 1.45. The summed E-state index contributed by atoms with van der Waals surface area (Å²) >= 11 is 0. The molecule has 20 heavy (non-hydrogen) atoms. The Bertz CT molecular complexity index is 263. The minimum atomic E-state index is -0.154. The molecule has 0 aromatic rings. The zero-order chi connectivity index (χ0) is 14.3. The molecule has 0 aromatic heterocycles. The number of unbranched alkanes of at least 4 members (excludes halogenated alkanes) is 1. The standard InChI is InChI=1S/C13H27N3O3.HI/c1-4-19-11-7-10-16-13(14-2)15-9-6-5-8-12(17)18-3;/h4-11H2,1-3H3,(H2,14,15,16);1H. The third-order valence-corrected chi connectivity index (χ3v) is 2.51. The van der Waals surface area contributed by atoms with E-state index in [-0.39, 0.29) is 29.9 Å². The summed E-state index contributed by atoms with van der Waals surface area (Å²) in [6.07, 6.45) is 3.16. The molecule has 0 saturated carbocycles. The van der Waals surface area contributed by atoms with Crippen LogP contribution in [0.4, 0.5) is 0 Å². The van der Waals surface area contributed by atoms with Gasteiger partial charge in [-0.25, -0.2) is 0 Å². The fourth-order valence-electron chi connectivity index (χ4n) is 1.45. The molecule has 0 heterocycles. The number of nitrogens with one attached hydrogen (secondary N) is 2. The summed E-state index contributed by atoms with van der Waals surface area (Å²) in [6, 6.07) is 0. The molecule has 0 atom stereocenters. The van der Waals surface area contributed by atoms with E-state index in [2.05, 4.69) is 20.4 Å². The van der Waals surface area contributed by atoms with E-state index in [0.717, 1.165) is 51.5 Å². The first-order valence-corrected chi connectivity index (χ1v) is 6.83. The molecule has 2 N–H and O–H groups in total. The molecule has 120 valence electrons. The van der Waals surface area contributed by atoms with Gasteiger partial charge in [0.15, 0.2) is 5.96 Å². The Morgan fingerprint density at radius 1 is 1.15 bits per heavy atom.